The molecule has 0 amide bonds. The third-order valence-corrected chi connectivity index (χ3v) is 5.40. The van der Waals surface area contributed by atoms with Crippen molar-refractivity contribution in [1.29, 1.82) is 10.5 Å². The summed E-state index contributed by atoms with van der Waals surface area (Å²) in [5, 5.41) is 18.5. The second-order valence-corrected chi connectivity index (χ2v) is 7.53. The molecule has 0 unspecified atom stereocenters. The van der Waals surface area contributed by atoms with E-state index in [4.69, 9.17) is 10.00 Å². The zero-order chi connectivity index (χ0) is 23.1. The first-order chi connectivity index (χ1) is 15.4. The first kappa shape index (κ1) is 22.9. The van der Waals surface area contributed by atoms with E-state index in [0.29, 0.717) is 23.5 Å². The van der Waals surface area contributed by atoms with Crippen LogP contribution in [0.25, 0.3) is 11.3 Å². The Morgan fingerprint density at radius 2 is 1.81 bits per heavy atom. The zero-order valence-corrected chi connectivity index (χ0v) is 17.5. The first-order valence-corrected chi connectivity index (χ1v) is 10.3. The molecule has 0 fully saturated rings. The lowest BCUT2D eigenvalue weighted by Crippen LogP contribution is -2.10. The van der Waals surface area contributed by atoms with Crippen molar-refractivity contribution in [3.8, 4) is 29.1 Å². The van der Waals surface area contributed by atoms with Crippen LogP contribution in [-0.2, 0) is 11.9 Å². The Morgan fingerprint density at radius 1 is 1.06 bits per heavy atom. The predicted octanol–water partition coefficient (Wildman–Crippen LogP) is 6.37. The maximum absolute atomic E-state index is 13.7. The van der Waals surface area contributed by atoms with Gasteiger partial charge in [-0.2, -0.15) is 23.7 Å². The number of benzene rings is 2. The van der Waals surface area contributed by atoms with Gasteiger partial charge in [0.1, 0.15) is 23.5 Å². The Kier molecular flexibility index (Phi) is 7.19. The van der Waals surface area contributed by atoms with Gasteiger partial charge in [-0.05, 0) is 48.0 Å². The lowest BCUT2D eigenvalue weighted by Gasteiger charge is -2.14. The summed E-state index contributed by atoms with van der Waals surface area (Å²) in [6, 6.07) is 17.8. The van der Waals surface area contributed by atoms with Gasteiger partial charge in [-0.15, -0.1) is 11.8 Å². The SMILES string of the molecule is C=CCOc1ccc(-c2cc(C(F)(F)F)c(C#N)c(SCc3cccc(C#N)c3)n2)cc1. The average Bonchev–Trinajstić information content (AvgIpc) is 2.80. The largest absolute Gasteiger partial charge is 0.490 e. The molecule has 3 rings (SSSR count). The molecule has 0 aliphatic carbocycles. The molecule has 160 valence electrons. The number of pyridine rings is 1. The summed E-state index contributed by atoms with van der Waals surface area (Å²) in [5.74, 6) is 0.803. The predicted molar refractivity (Wildman–Crippen MR) is 116 cm³/mol. The van der Waals surface area contributed by atoms with Crippen molar-refractivity contribution in [3.05, 3.63) is 89.5 Å². The number of halogens is 3. The van der Waals surface area contributed by atoms with Gasteiger partial charge in [0, 0.05) is 11.3 Å². The van der Waals surface area contributed by atoms with Crippen molar-refractivity contribution in [2.45, 2.75) is 17.0 Å². The van der Waals surface area contributed by atoms with E-state index in [1.807, 2.05) is 6.07 Å². The molecular formula is C24H16F3N3OS. The number of nitrogens with zero attached hydrogens (tertiary/aromatic N) is 3. The van der Waals surface area contributed by atoms with Crippen molar-refractivity contribution in [1.82, 2.24) is 4.98 Å². The Balaban J connectivity index is 2.00. The lowest BCUT2D eigenvalue weighted by molar-refractivity contribution is -0.138. The third kappa shape index (κ3) is 5.48. The monoisotopic (exact) mass is 451 g/mol. The van der Waals surface area contributed by atoms with Crippen LogP contribution >= 0.6 is 11.8 Å². The van der Waals surface area contributed by atoms with Crippen LogP contribution in [0.3, 0.4) is 0 Å². The van der Waals surface area contributed by atoms with E-state index in [2.05, 4.69) is 11.6 Å². The highest BCUT2D eigenvalue weighted by Crippen LogP contribution is 2.38. The number of nitriles is 2. The van der Waals surface area contributed by atoms with Crippen molar-refractivity contribution in [2.75, 3.05) is 6.61 Å². The molecule has 4 nitrogen and oxygen atoms in total. The standard InChI is InChI=1S/C24H16F3N3OS/c1-2-10-31-19-8-6-18(7-9-19)22-12-21(24(25,26)27)20(14-29)23(30-22)32-15-17-5-3-4-16(11-17)13-28/h2-9,11-12H,1,10,15H2. The Morgan fingerprint density at radius 3 is 2.44 bits per heavy atom. The van der Waals surface area contributed by atoms with E-state index in [1.54, 1.807) is 60.7 Å². The van der Waals surface area contributed by atoms with E-state index in [-0.39, 0.29) is 16.5 Å². The smallest absolute Gasteiger partial charge is 0.417 e. The highest BCUT2D eigenvalue weighted by molar-refractivity contribution is 7.98. The van der Waals surface area contributed by atoms with Crippen LogP contribution in [0.4, 0.5) is 13.2 Å². The minimum absolute atomic E-state index is 0.0216. The minimum atomic E-state index is -4.72. The van der Waals surface area contributed by atoms with Crippen molar-refractivity contribution >= 4 is 11.8 Å². The number of thioether (sulfide) groups is 1. The molecule has 2 aromatic carbocycles. The Bertz CT molecular complexity index is 1210. The summed E-state index contributed by atoms with van der Waals surface area (Å²) in [4.78, 5) is 4.36. The molecule has 0 N–H and O–H groups in total. The van der Waals surface area contributed by atoms with Crippen molar-refractivity contribution in [2.24, 2.45) is 0 Å². The number of alkyl halides is 3. The van der Waals surface area contributed by atoms with E-state index >= 15 is 0 Å². The number of rotatable bonds is 7. The van der Waals surface area contributed by atoms with Gasteiger partial charge in [0.25, 0.3) is 0 Å². The number of hydrogen-bond acceptors (Lipinski definition) is 5. The molecule has 3 aromatic rings. The fraction of sp³-hybridized carbons (Fsp3) is 0.125. The minimum Gasteiger partial charge on any atom is -0.490 e. The van der Waals surface area contributed by atoms with Gasteiger partial charge in [0.15, 0.2) is 0 Å². The van der Waals surface area contributed by atoms with E-state index in [0.717, 1.165) is 23.4 Å². The molecule has 8 heteroatoms. The molecule has 0 aliphatic rings. The average molecular weight is 451 g/mol. The second kappa shape index (κ2) is 10.0. The lowest BCUT2D eigenvalue weighted by atomic mass is 10.1. The topological polar surface area (TPSA) is 69.7 Å². The molecule has 1 aromatic heterocycles. The fourth-order valence-corrected chi connectivity index (χ4v) is 3.81. The van der Waals surface area contributed by atoms with Crippen LogP contribution in [0.5, 0.6) is 5.75 Å². The van der Waals surface area contributed by atoms with Crippen LogP contribution in [0, 0.1) is 22.7 Å². The Labute approximate surface area is 187 Å². The summed E-state index contributed by atoms with van der Waals surface area (Å²) >= 11 is 1.02. The van der Waals surface area contributed by atoms with Gasteiger partial charge in [-0.1, -0.05) is 24.8 Å². The van der Waals surface area contributed by atoms with E-state index in [9.17, 15) is 18.4 Å². The first-order valence-electron chi connectivity index (χ1n) is 9.34. The molecule has 0 saturated heterocycles. The fourth-order valence-electron chi connectivity index (χ4n) is 2.87. The summed E-state index contributed by atoms with van der Waals surface area (Å²) in [6.07, 6.45) is -3.13. The summed E-state index contributed by atoms with van der Waals surface area (Å²) in [6.45, 7) is 3.87. The van der Waals surface area contributed by atoms with Crippen LogP contribution < -0.4 is 4.74 Å². The molecule has 0 atom stereocenters. The highest BCUT2D eigenvalue weighted by atomic mass is 32.2. The van der Waals surface area contributed by atoms with Gasteiger partial charge < -0.3 is 4.74 Å². The Hall–Kier alpha value is -3.75. The third-order valence-electron chi connectivity index (χ3n) is 4.35. The zero-order valence-electron chi connectivity index (χ0n) is 16.7. The van der Waals surface area contributed by atoms with E-state index in [1.165, 1.54) is 0 Å². The maximum atomic E-state index is 13.7. The maximum Gasteiger partial charge on any atom is 0.417 e. The van der Waals surface area contributed by atoms with Gasteiger partial charge in [-0.3, -0.25) is 0 Å². The number of ether oxygens (including phenoxy) is 1. The molecule has 0 bridgehead atoms. The van der Waals surface area contributed by atoms with E-state index < -0.39 is 17.3 Å². The van der Waals surface area contributed by atoms with Gasteiger partial charge in [0.05, 0.1) is 28.5 Å². The molecule has 1 heterocycles. The normalized spacial score (nSPS) is 10.8. The molecule has 0 spiro atoms. The summed E-state index contributed by atoms with van der Waals surface area (Å²) in [5.41, 5.74) is 0.181. The van der Waals surface area contributed by atoms with Crippen molar-refractivity contribution < 1.29 is 17.9 Å². The second-order valence-electron chi connectivity index (χ2n) is 6.57. The number of hydrogen-bond donors (Lipinski definition) is 0. The van der Waals surface area contributed by atoms with Crippen LogP contribution in [0.1, 0.15) is 22.3 Å². The van der Waals surface area contributed by atoms with Crippen LogP contribution in [0.2, 0.25) is 0 Å². The van der Waals surface area contributed by atoms with Crippen LogP contribution in [0.15, 0.2) is 72.3 Å². The van der Waals surface area contributed by atoms with Crippen molar-refractivity contribution in [3.63, 3.8) is 0 Å². The molecule has 32 heavy (non-hydrogen) atoms. The quantitative estimate of drug-likeness (QED) is 0.308. The van der Waals surface area contributed by atoms with Gasteiger partial charge in [0.2, 0.25) is 0 Å². The van der Waals surface area contributed by atoms with Gasteiger partial charge in [-0.25, -0.2) is 4.98 Å². The molecule has 0 aliphatic heterocycles. The van der Waals surface area contributed by atoms with Gasteiger partial charge >= 0.3 is 6.18 Å². The summed E-state index contributed by atoms with van der Waals surface area (Å²) in [7, 11) is 0. The molecule has 0 radical (unpaired) electrons. The molecular weight excluding hydrogens is 435 g/mol. The molecule has 0 saturated carbocycles. The summed E-state index contributed by atoms with van der Waals surface area (Å²) < 4.78 is 46.6. The highest BCUT2D eigenvalue weighted by Gasteiger charge is 2.36. The van der Waals surface area contributed by atoms with Crippen LogP contribution in [-0.4, -0.2) is 11.6 Å². The number of aromatic nitrogens is 1.